The maximum Gasteiger partial charge on any atom is 0.309 e. The van der Waals surface area contributed by atoms with Gasteiger partial charge in [-0.2, -0.15) is 0 Å². The molecular weight excluding hydrogens is 210 g/mol. The van der Waals surface area contributed by atoms with Crippen LogP contribution in [0.4, 0.5) is 0 Å². The van der Waals surface area contributed by atoms with Crippen LogP contribution >= 0.6 is 0 Å². The highest BCUT2D eigenvalue weighted by atomic mass is 16.4. The fourth-order valence-corrected chi connectivity index (χ4v) is 1.47. The number of carbonyl (C=O) groups excluding carboxylic acids is 1. The van der Waals surface area contributed by atoms with Gasteiger partial charge in [0.05, 0.1) is 38.6 Å². The van der Waals surface area contributed by atoms with Crippen molar-refractivity contribution >= 4 is 11.9 Å². The zero-order valence-corrected chi connectivity index (χ0v) is 10.7. The van der Waals surface area contributed by atoms with Gasteiger partial charge in [0, 0.05) is 0 Å². The molecule has 0 bridgehead atoms. The van der Waals surface area contributed by atoms with E-state index in [1.807, 2.05) is 0 Å². The van der Waals surface area contributed by atoms with Gasteiger partial charge in [-0.15, -0.1) is 0 Å². The molecule has 5 nitrogen and oxygen atoms in total. The van der Waals surface area contributed by atoms with Crippen molar-refractivity contribution in [1.82, 2.24) is 0 Å². The molecule has 0 aromatic carbocycles. The number of hydrogen-bond donors (Lipinski definition) is 1. The van der Waals surface area contributed by atoms with Gasteiger partial charge in [0.1, 0.15) is 0 Å². The van der Waals surface area contributed by atoms with E-state index >= 15 is 0 Å². The summed E-state index contributed by atoms with van der Waals surface area (Å²) in [5.74, 6) is -2.94. The predicted molar refractivity (Wildman–Crippen MR) is 59.7 cm³/mol. The van der Waals surface area contributed by atoms with Crippen molar-refractivity contribution in [1.29, 1.82) is 0 Å². The van der Waals surface area contributed by atoms with E-state index in [4.69, 9.17) is 5.11 Å². The van der Waals surface area contributed by atoms with Gasteiger partial charge in [-0.1, -0.05) is 0 Å². The second-order valence-electron chi connectivity index (χ2n) is 3.55. The van der Waals surface area contributed by atoms with E-state index in [0.29, 0.717) is 0 Å². The summed E-state index contributed by atoms with van der Waals surface area (Å²) in [5, 5.41) is 17.0. The molecule has 0 saturated heterocycles. The predicted octanol–water partition coefficient (Wildman–Crippen LogP) is 0.0938. The third-order valence-electron chi connectivity index (χ3n) is 2.98. The molecule has 1 N–H and O–H groups in total. The van der Waals surface area contributed by atoms with Crippen molar-refractivity contribution in [3.8, 4) is 0 Å². The molecule has 0 saturated carbocycles. The Bertz CT molecular complexity index is 183. The molecule has 0 heterocycles. The second kappa shape index (κ2) is 9.15. The van der Waals surface area contributed by atoms with Crippen molar-refractivity contribution in [3.05, 3.63) is 0 Å². The van der Waals surface area contributed by atoms with Crippen molar-refractivity contribution in [3.63, 3.8) is 0 Å². The molecule has 0 spiro atoms. The number of hydrogen-bond acceptors (Lipinski definition) is 3. The molecule has 0 aromatic rings. The first-order valence-corrected chi connectivity index (χ1v) is 5.64. The summed E-state index contributed by atoms with van der Waals surface area (Å²) in [6, 6.07) is 0. The molecule has 0 aliphatic heterocycles. The van der Waals surface area contributed by atoms with E-state index in [2.05, 4.69) is 27.7 Å². The van der Waals surface area contributed by atoms with E-state index < -0.39 is 18.4 Å². The molecule has 0 fully saturated rings. The Kier molecular flexibility index (Phi) is 9.89. The monoisotopic (exact) mass is 233 g/mol. The van der Waals surface area contributed by atoms with Crippen molar-refractivity contribution < 1.29 is 24.3 Å². The lowest BCUT2D eigenvalue weighted by Gasteiger charge is -2.34. The van der Waals surface area contributed by atoms with E-state index in [-0.39, 0.29) is 0 Å². The average molecular weight is 233 g/mol. The van der Waals surface area contributed by atoms with Crippen LogP contribution in [0, 0.1) is 0 Å². The Labute approximate surface area is 97.3 Å². The highest BCUT2D eigenvalue weighted by Gasteiger charge is 2.16. The van der Waals surface area contributed by atoms with Gasteiger partial charge in [-0.25, -0.2) is 0 Å². The molecule has 96 valence electrons. The molecular formula is C11H23NO4. The van der Waals surface area contributed by atoms with Crippen LogP contribution in [0.5, 0.6) is 0 Å². The average Bonchev–Trinajstić information content (AvgIpc) is 2.21. The van der Waals surface area contributed by atoms with Crippen LogP contribution in [0.15, 0.2) is 0 Å². The van der Waals surface area contributed by atoms with Crippen LogP contribution in [-0.2, 0) is 9.59 Å². The lowest BCUT2D eigenvalue weighted by molar-refractivity contribution is -0.921. The van der Waals surface area contributed by atoms with Crippen LogP contribution in [0.2, 0.25) is 0 Å². The van der Waals surface area contributed by atoms with Crippen LogP contribution in [0.1, 0.15) is 34.1 Å². The van der Waals surface area contributed by atoms with Gasteiger partial charge in [0.15, 0.2) is 0 Å². The number of aliphatic carboxylic acids is 2. The molecule has 0 radical (unpaired) electrons. The molecule has 5 heteroatoms. The second-order valence-corrected chi connectivity index (χ2v) is 3.55. The van der Waals surface area contributed by atoms with E-state index in [1.165, 1.54) is 30.7 Å². The largest absolute Gasteiger partial charge is 0.550 e. The normalized spacial score (nSPS) is 10.2. The Balaban J connectivity index is 0. The molecule has 0 amide bonds. The summed E-state index contributed by atoms with van der Waals surface area (Å²) in [6.45, 7) is 14.2. The minimum absolute atomic E-state index is 0.917. The van der Waals surface area contributed by atoms with E-state index in [0.717, 1.165) is 0 Å². The third-order valence-corrected chi connectivity index (χ3v) is 2.98. The minimum Gasteiger partial charge on any atom is -0.550 e. The molecule has 0 unspecified atom stereocenters. The SMILES string of the molecule is CC[N+](CC)(CC)CC.O=C([O-])CC(=O)O. The first-order chi connectivity index (χ1) is 7.37. The highest BCUT2D eigenvalue weighted by Crippen LogP contribution is 2.03. The van der Waals surface area contributed by atoms with Gasteiger partial charge < -0.3 is 19.5 Å². The fraction of sp³-hybridized carbons (Fsp3) is 0.818. The molecule has 0 rings (SSSR count). The van der Waals surface area contributed by atoms with E-state index in [9.17, 15) is 14.7 Å². The Morgan fingerprint density at radius 1 is 1.00 bits per heavy atom. The van der Waals surface area contributed by atoms with Crippen molar-refractivity contribution in [2.75, 3.05) is 26.2 Å². The third kappa shape index (κ3) is 8.23. The lowest BCUT2D eigenvalue weighted by atomic mass is 10.3. The number of carboxylic acids is 2. The maximum atomic E-state index is 9.39. The first-order valence-electron chi connectivity index (χ1n) is 5.64. The number of quaternary nitrogens is 1. The van der Waals surface area contributed by atoms with Crippen molar-refractivity contribution in [2.24, 2.45) is 0 Å². The zero-order valence-electron chi connectivity index (χ0n) is 10.7. The maximum absolute atomic E-state index is 9.39. The first kappa shape index (κ1) is 17.3. The van der Waals surface area contributed by atoms with Gasteiger partial charge in [-0.05, 0) is 27.7 Å². The summed E-state index contributed by atoms with van der Waals surface area (Å²) in [7, 11) is 0. The Morgan fingerprint density at radius 2 is 1.31 bits per heavy atom. The Hall–Kier alpha value is -1.10. The van der Waals surface area contributed by atoms with Crippen LogP contribution in [0.25, 0.3) is 0 Å². The smallest absolute Gasteiger partial charge is 0.309 e. The highest BCUT2D eigenvalue weighted by molar-refractivity contribution is 5.87. The minimum atomic E-state index is -1.56. The van der Waals surface area contributed by atoms with Crippen LogP contribution in [-0.4, -0.2) is 47.7 Å². The van der Waals surface area contributed by atoms with Gasteiger partial charge in [0.2, 0.25) is 0 Å². The van der Waals surface area contributed by atoms with Crippen LogP contribution in [0.3, 0.4) is 0 Å². The number of carbonyl (C=O) groups is 2. The summed E-state index contributed by atoms with van der Waals surface area (Å²) in [4.78, 5) is 18.7. The Morgan fingerprint density at radius 3 is 1.31 bits per heavy atom. The molecule has 0 aromatic heterocycles. The van der Waals surface area contributed by atoms with E-state index in [1.54, 1.807) is 0 Å². The fourth-order valence-electron chi connectivity index (χ4n) is 1.47. The van der Waals surface area contributed by atoms with Crippen molar-refractivity contribution in [2.45, 2.75) is 34.1 Å². The topological polar surface area (TPSA) is 77.4 Å². The molecule has 0 aliphatic rings. The summed E-state index contributed by atoms with van der Waals surface area (Å²) < 4.78 is 1.28. The zero-order chi connectivity index (χ0) is 13.2. The lowest BCUT2D eigenvalue weighted by Crippen LogP contribution is -2.47. The quantitative estimate of drug-likeness (QED) is 0.521. The number of nitrogens with zero attached hydrogens (tertiary/aromatic N) is 1. The number of rotatable bonds is 6. The molecule has 16 heavy (non-hydrogen) atoms. The molecule has 0 atom stereocenters. The van der Waals surface area contributed by atoms with Gasteiger partial charge in [0.25, 0.3) is 0 Å². The molecule has 0 aliphatic carbocycles. The van der Waals surface area contributed by atoms with Gasteiger partial charge in [-0.3, -0.25) is 4.79 Å². The van der Waals surface area contributed by atoms with Gasteiger partial charge >= 0.3 is 5.97 Å². The summed E-state index contributed by atoms with van der Waals surface area (Å²) >= 11 is 0. The summed E-state index contributed by atoms with van der Waals surface area (Å²) in [6.07, 6.45) is -0.917. The standard InChI is InChI=1S/C8H20N.C3H4O4/c1-5-9(6-2,7-3)8-4;4-2(5)1-3(6)7/h5-8H2,1-4H3;1H2,(H,4,5)(H,6,7)/q+1;/p-1. The number of carboxylic acid groups (broad SMARTS) is 2. The van der Waals surface area contributed by atoms with Crippen LogP contribution < -0.4 is 5.11 Å². The summed E-state index contributed by atoms with van der Waals surface area (Å²) in [5.41, 5.74) is 0.